The van der Waals surface area contributed by atoms with Gasteiger partial charge in [-0.25, -0.2) is 0 Å². The van der Waals surface area contributed by atoms with Crippen LogP contribution in [0.2, 0.25) is 0 Å². The van der Waals surface area contributed by atoms with E-state index in [1.54, 1.807) is 4.90 Å². The lowest BCUT2D eigenvalue weighted by molar-refractivity contribution is -0.132. The van der Waals surface area contributed by atoms with Crippen LogP contribution in [-0.2, 0) is 4.79 Å². The molecule has 0 aromatic heterocycles. The molecule has 13 heavy (non-hydrogen) atoms. The standard InChI is InChI=1S/C9H13BrClNO/c1-9(2,10)8(13)12-5-3-4-7(11)6-12/h4H,3,5-6H2,1-2H3. The van der Waals surface area contributed by atoms with Gasteiger partial charge in [0.25, 0.3) is 0 Å². The maximum atomic E-state index is 11.8. The van der Waals surface area contributed by atoms with Crippen molar-refractivity contribution >= 4 is 33.4 Å². The van der Waals surface area contributed by atoms with Crippen LogP contribution in [0.25, 0.3) is 0 Å². The van der Waals surface area contributed by atoms with Crippen molar-refractivity contribution in [2.24, 2.45) is 0 Å². The third kappa shape index (κ3) is 2.99. The fourth-order valence-corrected chi connectivity index (χ4v) is 1.76. The Labute approximate surface area is 92.1 Å². The number of alkyl halides is 1. The van der Waals surface area contributed by atoms with Gasteiger partial charge in [-0.15, -0.1) is 0 Å². The van der Waals surface area contributed by atoms with E-state index in [9.17, 15) is 4.79 Å². The molecule has 0 N–H and O–H groups in total. The first-order chi connectivity index (χ1) is 5.91. The quantitative estimate of drug-likeness (QED) is 0.668. The van der Waals surface area contributed by atoms with Gasteiger partial charge in [-0.1, -0.05) is 33.6 Å². The van der Waals surface area contributed by atoms with Gasteiger partial charge in [0.1, 0.15) is 0 Å². The first-order valence-corrected chi connectivity index (χ1v) is 5.41. The van der Waals surface area contributed by atoms with Gasteiger partial charge in [-0.05, 0) is 20.3 Å². The summed E-state index contributed by atoms with van der Waals surface area (Å²) >= 11 is 9.20. The van der Waals surface area contributed by atoms with Crippen molar-refractivity contribution in [3.8, 4) is 0 Å². The Kier molecular flexibility index (Phi) is 3.41. The van der Waals surface area contributed by atoms with Crippen LogP contribution in [0.1, 0.15) is 20.3 Å². The minimum Gasteiger partial charge on any atom is -0.336 e. The van der Waals surface area contributed by atoms with Crippen molar-refractivity contribution in [2.45, 2.75) is 24.6 Å². The van der Waals surface area contributed by atoms with Gasteiger partial charge in [0.2, 0.25) is 5.91 Å². The summed E-state index contributed by atoms with van der Waals surface area (Å²) in [6.07, 6.45) is 2.82. The molecule has 0 aliphatic carbocycles. The van der Waals surface area contributed by atoms with E-state index in [2.05, 4.69) is 15.9 Å². The monoisotopic (exact) mass is 265 g/mol. The minimum atomic E-state index is -0.485. The fraction of sp³-hybridized carbons (Fsp3) is 0.667. The van der Waals surface area contributed by atoms with Crippen molar-refractivity contribution in [2.75, 3.05) is 13.1 Å². The second-order valence-corrected chi connectivity index (χ2v) is 6.11. The van der Waals surface area contributed by atoms with Crippen LogP contribution in [0.3, 0.4) is 0 Å². The molecule has 2 nitrogen and oxygen atoms in total. The maximum Gasteiger partial charge on any atom is 0.239 e. The van der Waals surface area contributed by atoms with Gasteiger partial charge < -0.3 is 4.90 Å². The van der Waals surface area contributed by atoms with Gasteiger partial charge in [-0.3, -0.25) is 4.79 Å². The molecule has 74 valence electrons. The van der Waals surface area contributed by atoms with Crippen molar-refractivity contribution in [1.29, 1.82) is 0 Å². The van der Waals surface area contributed by atoms with Gasteiger partial charge in [0.05, 0.1) is 10.9 Å². The lowest BCUT2D eigenvalue weighted by Gasteiger charge is -2.30. The van der Waals surface area contributed by atoms with E-state index >= 15 is 0 Å². The lowest BCUT2D eigenvalue weighted by Crippen LogP contribution is -2.43. The van der Waals surface area contributed by atoms with Crippen LogP contribution in [-0.4, -0.2) is 28.2 Å². The highest BCUT2D eigenvalue weighted by atomic mass is 79.9. The molecule has 4 heteroatoms. The van der Waals surface area contributed by atoms with Gasteiger partial charge in [-0.2, -0.15) is 0 Å². The SMILES string of the molecule is CC(C)(Br)C(=O)N1CCC=C(Cl)C1. The van der Waals surface area contributed by atoms with Crippen molar-refractivity contribution < 1.29 is 4.79 Å². The summed E-state index contributed by atoms with van der Waals surface area (Å²) in [6.45, 7) is 5.02. The number of hydrogen-bond acceptors (Lipinski definition) is 1. The number of carbonyl (C=O) groups is 1. The Balaban J connectivity index is 2.65. The largest absolute Gasteiger partial charge is 0.336 e. The molecule has 1 amide bonds. The van der Waals surface area contributed by atoms with Crippen LogP contribution >= 0.6 is 27.5 Å². The Morgan fingerprint density at radius 2 is 2.31 bits per heavy atom. The predicted molar refractivity (Wildman–Crippen MR) is 58.1 cm³/mol. The first kappa shape index (κ1) is 11.1. The normalized spacial score (nSPS) is 18.5. The van der Waals surface area contributed by atoms with E-state index < -0.39 is 4.32 Å². The number of hydrogen-bond donors (Lipinski definition) is 0. The average molecular weight is 267 g/mol. The van der Waals surface area contributed by atoms with Crippen LogP contribution in [0, 0.1) is 0 Å². The van der Waals surface area contributed by atoms with Gasteiger partial charge in [0.15, 0.2) is 0 Å². The molecule has 0 radical (unpaired) electrons. The summed E-state index contributed by atoms with van der Waals surface area (Å²) in [7, 11) is 0. The van der Waals surface area contributed by atoms with Crippen LogP contribution in [0.5, 0.6) is 0 Å². The maximum absolute atomic E-state index is 11.8. The Morgan fingerprint density at radius 3 is 2.77 bits per heavy atom. The Bertz CT molecular complexity index is 244. The summed E-state index contributed by atoms with van der Waals surface area (Å²) < 4.78 is -0.485. The molecule has 1 aliphatic heterocycles. The number of amides is 1. The number of carbonyl (C=O) groups excluding carboxylic acids is 1. The number of halogens is 2. The highest BCUT2D eigenvalue weighted by molar-refractivity contribution is 9.10. The molecule has 0 atom stereocenters. The zero-order chi connectivity index (χ0) is 10.1. The second-order valence-electron chi connectivity index (χ2n) is 3.64. The van der Waals surface area contributed by atoms with E-state index in [0.717, 1.165) is 18.0 Å². The molecule has 0 spiro atoms. The predicted octanol–water partition coefficient (Wildman–Crippen LogP) is 2.51. The summed E-state index contributed by atoms with van der Waals surface area (Å²) in [5.74, 6) is 0.0961. The molecule has 1 rings (SSSR count). The highest BCUT2D eigenvalue weighted by Crippen LogP contribution is 2.22. The van der Waals surface area contributed by atoms with E-state index in [1.165, 1.54) is 0 Å². The topological polar surface area (TPSA) is 20.3 Å². The second kappa shape index (κ2) is 4.01. The summed E-state index contributed by atoms with van der Waals surface area (Å²) in [5.41, 5.74) is 0. The number of nitrogens with zero attached hydrogens (tertiary/aromatic N) is 1. The highest BCUT2D eigenvalue weighted by Gasteiger charge is 2.29. The zero-order valence-corrected chi connectivity index (χ0v) is 10.2. The fourth-order valence-electron chi connectivity index (χ4n) is 1.25. The minimum absolute atomic E-state index is 0.0961. The van der Waals surface area contributed by atoms with Gasteiger partial charge >= 0.3 is 0 Å². The van der Waals surface area contributed by atoms with E-state index in [4.69, 9.17) is 11.6 Å². The van der Waals surface area contributed by atoms with Crippen LogP contribution in [0.15, 0.2) is 11.1 Å². The molecule has 0 unspecified atom stereocenters. The first-order valence-electron chi connectivity index (χ1n) is 4.24. The summed E-state index contributed by atoms with van der Waals surface area (Å²) in [4.78, 5) is 13.5. The van der Waals surface area contributed by atoms with E-state index in [1.807, 2.05) is 19.9 Å². The Hall–Kier alpha value is -0.0200. The molecule has 0 aromatic carbocycles. The van der Waals surface area contributed by atoms with E-state index in [0.29, 0.717) is 6.54 Å². The molecule has 0 saturated carbocycles. The third-order valence-electron chi connectivity index (χ3n) is 1.90. The summed E-state index contributed by atoms with van der Waals surface area (Å²) in [5, 5.41) is 0.761. The Morgan fingerprint density at radius 1 is 1.69 bits per heavy atom. The zero-order valence-electron chi connectivity index (χ0n) is 7.81. The molecule has 0 bridgehead atoms. The smallest absolute Gasteiger partial charge is 0.239 e. The average Bonchev–Trinajstić information content (AvgIpc) is 2.01. The van der Waals surface area contributed by atoms with Crippen LogP contribution < -0.4 is 0 Å². The van der Waals surface area contributed by atoms with Crippen LogP contribution in [0.4, 0.5) is 0 Å². The van der Waals surface area contributed by atoms with Crippen molar-refractivity contribution in [3.05, 3.63) is 11.1 Å². The van der Waals surface area contributed by atoms with Gasteiger partial charge in [0, 0.05) is 11.6 Å². The summed E-state index contributed by atoms with van der Waals surface area (Å²) in [6, 6.07) is 0. The molecule has 1 heterocycles. The van der Waals surface area contributed by atoms with Crippen molar-refractivity contribution in [1.82, 2.24) is 4.90 Å². The van der Waals surface area contributed by atoms with Crippen molar-refractivity contribution in [3.63, 3.8) is 0 Å². The third-order valence-corrected chi connectivity index (χ3v) is 2.52. The number of rotatable bonds is 1. The molecular weight excluding hydrogens is 253 g/mol. The molecular formula is C9H13BrClNO. The molecule has 0 aromatic rings. The molecule has 1 aliphatic rings. The lowest BCUT2D eigenvalue weighted by atomic mass is 10.1. The molecule has 0 fully saturated rings. The van der Waals surface area contributed by atoms with E-state index in [-0.39, 0.29) is 5.91 Å². The molecule has 0 saturated heterocycles.